The van der Waals surface area contributed by atoms with Gasteiger partial charge in [-0.1, -0.05) is 17.3 Å². The Labute approximate surface area is 53.6 Å². The molecule has 4 heteroatoms. The van der Waals surface area contributed by atoms with E-state index in [1.165, 1.54) is 0 Å². The van der Waals surface area contributed by atoms with Gasteiger partial charge in [0.25, 0.3) is 0 Å². The topological polar surface area (TPSA) is 58.9 Å². The molecule has 0 saturated carbocycles. The average Bonchev–Trinajstić information content (AvgIpc) is 1.90. The van der Waals surface area contributed by atoms with Gasteiger partial charge in [0.2, 0.25) is 0 Å². The van der Waals surface area contributed by atoms with E-state index < -0.39 is 12.1 Å². The van der Waals surface area contributed by atoms with E-state index in [9.17, 15) is 9.81 Å². The maximum atomic E-state index is 9.89. The van der Waals surface area contributed by atoms with Crippen LogP contribution in [0.4, 0.5) is 0 Å². The molecule has 2 atom stereocenters. The van der Waals surface area contributed by atoms with Crippen LogP contribution in [-0.2, 0) is 0 Å². The van der Waals surface area contributed by atoms with Crippen molar-refractivity contribution in [3.8, 4) is 0 Å². The van der Waals surface area contributed by atoms with Crippen LogP contribution < -0.4 is 0 Å². The first-order chi connectivity index (χ1) is 4.26. The lowest BCUT2D eigenvalue weighted by Gasteiger charge is -2.05. The van der Waals surface area contributed by atoms with Gasteiger partial charge in [0.05, 0.1) is 0 Å². The third-order valence-electron chi connectivity index (χ3n) is 1.28. The summed E-state index contributed by atoms with van der Waals surface area (Å²) in [6.45, 7) is 3.39. The third kappa shape index (κ3) is 2.30. The minimum Gasteiger partial charge on any atom is -0.150 e. The first kappa shape index (κ1) is 8.20. The Hall–Kier alpha value is -0.800. The minimum absolute atomic E-state index is 0.442. The fourth-order valence-corrected chi connectivity index (χ4v) is 0.574. The molecule has 0 aromatic carbocycles. The van der Waals surface area contributed by atoms with Gasteiger partial charge >= 0.3 is 0 Å². The molecule has 0 N–H and O–H groups in total. The van der Waals surface area contributed by atoms with Crippen LogP contribution >= 0.6 is 0 Å². The maximum Gasteiger partial charge on any atom is 0.117 e. The number of nitroso groups, excluding NO2 is 2. The van der Waals surface area contributed by atoms with Crippen molar-refractivity contribution >= 4 is 0 Å². The fourth-order valence-electron chi connectivity index (χ4n) is 0.574. The van der Waals surface area contributed by atoms with Gasteiger partial charge in [0.1, 0.15) is 12.1 Å². The molecule has 0 saturated heterocycles. The molecule has 0 aliphatic heterocycles. The summed E-state index contributed by atoms with van der Waals surface area (Å²) in [6, 6.07) is -0.921. The van der Waals surface area contributed by atoms with Crippen LogP contribution in [0.1, 0.15) is 20.3 Å². The second-order valence-corrected chi connectivity index (χ2v) is 1.93. The largest absolute Gasteiger partial charge is 0.150 e. The second kappa shape index (κ2) is 4.12. The van der Waals surface area contributed by atoms with Gasteiger partial charge in [-0.2, -0.15) is 9.81 Å². The monoisotopic (exact) mass is 130 g/mol. The van der Waals surface area contributed by atoms with E-state index in [0.29, 0.717) is 6.42 Å². The predicted molar refractivity (Wildman–Crippen MR) is 35.1 cm³/mol. The first-order valence-corrected chi connectivity index (χ1v) is 2.91. The molecule has 0 spiro atoms. The van der Waals surface area contributed by atoms with Crippen LogP contribution in [0.5, 0.6) is 0 Å². The lowest BCUT2D eigenvalue weighted by atomic mass is 10.1. The number of nitrogens with zero attached hydrogens (tertiary/aromatic N) is 2. The summed E-state index contributed by atoms with van der Waals surface area (Å²) in [5.74, 6) is 0. The van der Waals surface area contributed by atoms with Crippen LogP contribution in [0.25, 0.3) is 0 Å². The van der Waals surface area contributed by atoms with Gasteiger partial charge in [0.15, 0.2) is 0 Å². The number of rotatable bonds is 4. The molecular formula is C5H10N2O2. The number of hydrogen-bond donors (Lipinski definition) is 0. The zero-order valence-electron chi connectivity index (χ0n) is 5.57. The van der Waals surface area contributed by atoms with Crippen LogP contribution in [0.15, 0.2) is 10.4 Å². The van der Waals surface area contributed by atoms with E-state index in [2.05, 4.69) is 10.4 Å². The van der Waals surface area contributed by atoms with Crippen molar-refractivity contribution in [2.75, 3.05) is 0 Å². The van der Waals surface area contributed by atoms with E-state index in [-0.39, 0.29) is 0 Å². The lowest BCUT2D eigenvalue weighted by molar-refractivity contribution is 0.543. The van der Waals surface area contributed by atoms with E-state index in [4.69, 9.17) is 0 Å². The predicted octanol–water partition coefficient (Wildman–Crippen LogP) is 1.69. The standard InChI is InChI=1S/C5H10N2O2/c1-3-5(7-9)4(2)6-8/h4-5H,3H2,1-2H3. The Morgan fingerprint density at radius 1 is 1.33 bits per heavy atom. The van der Waals surface area contributed by atoms with Crippen molar-refractivity contribution in [3.05, 3.63) is 9.81 Å². The summed E-state index contributed by atoms with van der Waals surface area (Å²) in [5.41, 5.74) is 0. The molecule has 0 amide bonds. The van der Waals surface area contributed by atoms with Crippen LogP contribution in [0, 0.1) is 9.81 Å². The van der Waals surface area contributed by atoms with E-state index in [1.807, 2.05) is 0 Å². The van der Waals surface area contributed by atoms with E-state index >= 15 is 0 Å². The molecule has 0 radical (unpaired) electrons. The van der Waals surface area contributed by atoms with Crippen LogP contribution in [-0.4, -0.2) is 12.1 Å². The van der Waals surface area contributed by atoms with Gasteiger partial charge in [-0.25, -0.2) is 0 Å². The molecule has 0 rings (SSSR count). The molecule has 4 nitrogen and oxygen atoms in total. The molecule has 0 fully saturated rings. The molecule has 0 aliphatic rings. The Morgan fingerprint density at radius 3 is 2.00 bits per heavy atom. The van der Waals surface area contributed by atoms with Crippen molar-refractivity contribution < 1.29 is 0 Å². The van der Waals surface area contributed by atoms with Crippen molar-refractivity contribution in [2.24, 2.45) is 10.4 Å². The second-order valence-electron chi connectivity index (χ2n) is 1.93. The minimum atomic E-state index is -0.479. The van der Waals surface area contributed by atoms with Gasteiger partial charge < -0.3 is 0 Å². The molecule has 2 unspecified atom stereocenters. The van der Waals surface area contributed by atoms with Gasteiger partial charge in [-0.05, 0) is 13.3 Å². The molecule has 52 valence electrons. The summed E-state index contributed by atoms with van der Waals surface area (Å²) in [4.78, 5) is 19.7. The summed E-state index contributed by atoms with van der Waals surface area (Å²) in [7, 11) is 0. The summed E-state index contributed by atoms with van der Waals surface area (Å²) in [6.07, 6.45) is 0.580. The van der Waals surface area contributed by atoms with E-state index in [0.717, 1.165) is 0 Å². The Balaban J connectivity index is 3.77. The first-order valence-electron chi connectivity index (χ1n) is 2.91. The highest BCUT2D eigenvalue weighted by atomic mass is 16.3. The zero-order valence-corrected chi connectivity index (χ0v) is 5.57. The molecule has 0 aliphatic carbocycles. The molecule has 0 heterocycles. The normalized spacial score (nSPS) is 16.2. The zero-order chi connectivity index (χ0) is 7.28. The highest BCUT2D eigenvalue weighted by molar-refractivity contribution is 4.75. The molecule has 9 heavy (non-hydrogen) atoms. The van der Waals surface area contributed by atoms with Gasteiger partial charge in [-0.15, -0.1) is 0 Å². The Kier molecular flexibility index (Phi) is 3.75. The Morgan fingerprint density at radius 2 is 1.89 bits per heavy atom. The van der Waals surface area contributed by atoms with Crippen LogP contribution in [0.2, 0.25) is 0 Å². The maximum absolute atomic E-state index is 9.89. The molecule has 0 aromatic rings. The Bertz CT molecular complexity index is 105. The van der Waals surface area contributed by atoms with Crippen molar-refractivity contribution in [3.63, 3.8) is 0 Å². The summed E-state index contributed by atoms with van der Waals surface area (Å²) in [5, 5.41) is 5.42. The summed E-state index contributed by atoms with van der Waals surface area (Å²) < 4.78 is 0. The smallest absolute Gasteiger partial charge is 0.117 e. The molecule has 0 aromatic heterocycles. The highest BCUT2D eigenvalue weighted by Crippen LogP contribution is 2.05. The van der Waals surface area contributed by atoms with Gasteiger partial charge in [-0.3, -0.25) is 0 Å². The van der Waals surface area contributed by atoms with Crippen molar-refractivity contribution in [1.82, 2.24) is 0 Å². The number of hydrogen-bond acceptors (Lipinski definition) is 4. The third-order valence-corrected chi connectivity index (χ3v) is 1.28. The SMILES string of the molecule is CCC(N=O)C(C)N=O. The summed E-state index contributed by atoms with van der Waals surface area (Å²) >= 11 is 0. The lowest BCUT2D eigenvalue weighted by Crippen LogP contribution is -2.16. The highest BCUT2D eigenvalue weighted by Gasteiger charge is 2.15. The molecular weight excluding hydrogens is 120 g/mol. The van der Waals surface area contributed by atoms with Crippen molar-refractivity contribution in [2.45, 2.75) is 32.4 Å². The van der Waals surface area contributed by atoms with Crippen molar-refractivity contribution in [1.29, 1.82) is 0 Å². The average molecular weight is 130 g/mol. The molecule has 0 bridgehead atoms. The van der Waals surface area contributed by atoms with Gasteiger partial charge in [0, 0.05) is 0 Å². The quantitative estimate of drug-likeness (QED) is 0.543. The fraction of sp³-hybridized carbons (Fsp3) is 1.00. The van der Waals surface area contributed by atoms with E-state index in [1.54, 1.807) is 13.8 Å². The van der Waals surface area contributed by atoms with Crippen LogP contribution in [0.3, 0.4) is 0 Å².